The molecule has 0 bridgehead atoms. The second-order valence-electron chi connectivity index (χ2n) is 3.72. The summed E-state index contributed by atoms with van der Waals surface area (Å²) in [6.07, 6.45) is 0.595. The van der Waals surface area contributed by atoms with Crippen LogP contribution in [-0.4, -0.2) is 30.2 Å². The van der Waals surface area contributed by atoms with Gasteiger partial charge in [-0.05, 0) is 6.92 Å². The number of hydrogen-bond donors (Lipinski definition) is 1. The van der Waals surface area contributed by atoms with Gasteiger partial charge in [0.2, 0.25) is 10.0 Å². The van der Waals surface area contributed by atoms with Crippen molar-refractivity contribution in [2.45, 2.75) is 26.4 Å². The minimum atomic E-state index is -3.14. The molecule has 0 atom stereocenters. The molecule has 1 aromatic rings. The van der Waals surface area contributed by atoms with Crippen LogP contribution >= 0.6 is 0 Å². The van der Waals surface area contributed by atoms with Gasteiger partial charge in [-0.3, -0.25) is 0 Å². The van der Waals surface area contributed by atoms with Gasteiger partial charge in [0.05, 0.1) is 18.0 Å². The highest BCUT2D eigenvalue weighted by Crippen LogP contribution is 2.23. The first-order valence-corrected chi connectivity index (χ1v) is 6.83. The highest BCUT2D eigenvalue weighted by molar-refractivity contribution is 7.89. The third kappa shape index (κ3) is 1.85. The standard InChI is InChI=1S/C9H15N3O3S/c1-2-16(13,14)12-4-3-8-7(6-12)9(5-10)15-11-8/h2-6,10H2,1H3. The molecule has 1 aliphatic heterocycles. The van der Waals surface area contributed by atoms with Crippen LogP contribution in [-0.2, 0) is 29.5 Å². The molecule has 0 saturated carbocycles. The molecule has 0 radical (unpaired) electrons. The van der Waals surface area contributed by atoms with Gasteiger partial charge >= 0.3 is 0 Å². The van der Waals surface area contributed by atoms with E-state index >= 15 is 0 Å². The van der Waals surface area contributed by atoms with Gasteiger partial charge in [0.1, 0.15) is 0 Å². The van der Waals surface area contributed by atoms with E-state index in [9.17, 15) is 8.42 Å². The van der Waals surface area contributed by atoms with E-state index in [1.54, 1.807) is 6.92 Å². The van der Waals surface area contributed by atoms with Crippen molar-refractivity contribution in [3.8, 4) is 0 Å². The maximum atomic E-state index is 11.7. The highest BCUT2D eigenvalue weighted by Gasteiger charge is 2.29. The molecule has 6 nitrogen and oxygen atoms in total. The predicted octanol–water partition coefficient (Wildman–Crippen LogP) is -0.159. The first kappa shape index (κ1) is 11.6. The molecule has 0 saturated heterocycles. The summed E-state index contributed by atoms with van der Waals surface area (Å²) < 4.78 is 30.0. The Hall–Kier alpha value is -0.920. The third-order valence-corrected chi connectivity index (χ3v) is 4.66. The summed E-state index contributed by atoms with van der Waals surface area (Å²) >= 11 is 0. The van der Waals surface area contributed by atoms with E-state index in [0.717, 1.165) is 11.3 Å². The Morgan fingerprint density at radius 2 is 2.31 bits per heavy atom. The zero-order valence-corrected chi connectivity index (χ0v) is 9.96. The summed E-state index contributed by atoms with van der Waals surface area (Å²) in [5.74, 6) is 0.706. The monoisotopic (exact) mass is 245 g/mol. The Labute approximate surface area is 94.4 Å². The predicted molar refractivity (Wildman–Crippen MR) is 58.0 cm³/mol. The number of hydrogen-bond acceptors (Lipinski definition) is 5. The molecule has 0 spiro atoms. The summed E-state index contributed by atoms with van der Waals surface area (Å²) in [6, 6.07) is 0. The average molecular weight is 245 g/mol. The number of nitrogens with zero attached hydrogens (tertiary/aromatic N) is 2. The molecule has 16 heavy (non-hydrogen) atoms. The second kappa shape index (κ2) is 4.15. The lowest BCUT2D eigenvalue weighted by Gasteiger charge is -2.24. The zero-order chi connectivity index (χ0) is 11.8. The van der Waals surface area contributed by atoms with Crippen molar-refractivity contribution in [1.29, 1.82) is 0 Å². The fourth-order valence-corrected chi connectivity index (χ4v) is 2.88. The molecular weight excluding hydrogens is 230 g/mol. The van der Waals surface area contributed by atoms with Gasteiger partial charge in [0.15, 0.2) is 5.76 Å². The van der Waals surface area contributed by atoms with Crippen LogP contribution in [0.5, 0.6) is 0 Å². The largest absolute Gasteiger partial charge is 0.359 e. The van der Waals surface area contributed by atoms with Gasteiger partial charge in [-0.2, -0.15) is 4.31 Å². The molecular formula is C9H15N3O3S. The van der Waals surface area contributed by atoms with E-state index in [0.29, 0.717) is 25.3 Å². The van der Waals surface area contributed by atoms with E-state index in [1.165, 1.54) is 4.31 Å². The van der Waals surface area contributed by atoms with Crippen LogP contribution in [0.3, 0.4) is 0 Å². The smallest absolute Gasteiger partial charge is 0.214 e. The maximum Gasteiger partial charge on any atom is 0.214 e. The lowest BCUT2D eigenvalue weighted by molar-refractivity contribution is 0.377. The van der Waals surface area contributed by atoms with Crippen LogP contribution in [0.2, 0.25) is 0 Å². The first-order chi connectivity index (χ1) is 7.58. The summed E-state index contributed by atoms with van der Waals surface area (Å²) in [5, 5.41) is 3.89. The third-order valence-electron chi connectivity index (χ3n) is 2.83. The summed E-state index contributed by atoms with van der Waals surface area (Å²) in [6.45, 7) is 2.70. The van der Waals surface area contributed by atoms with Gasteiger partial charge in [-0.15, -0.1) is 0 Å². The number of fused-ring (bicyclic) bond motifs is 1. The van der Waals surface area contributed by atoms with Crippen molar-refractivity contribution in [2.75, 3.05) is 12.3 Å². The van der Waals surface area contributed by atoms with Crippen molar-refractivity contribution in [3.05, 3.63) is 17.0 Å². The molecule has 2 heterocycles. The second-order valence-corrected chi connectivity index (χ2v) is 5.98. The van der Waals surface area contributed by atoms with Crippen LogP contribution in [0.25, 0.3) is 0 Å². The van der Waals surface area contributed by atoms with Crippen LogP contribution in [0.1, 0.15) is 23.9 Å². The SMILES string of the molecule is CCS(=O)(=O)N1CCc2noc(CN)c2C1. The minimum absolute atomic E-state index is 0.117. The van der Waals surface area contributed by atoms with Crippen LogP contribution < -0.4 is 5.73 Å². The Morgan fingerprint density at radius 1 is 1.56 bits per heavy atom. The van der Waals surface area contributed by atoms with Crippen LogP contribution in [0, 0.1) is 0 Å². The zero-order valence-electron chi connectivity index (χ0n) is 9.14. The Kier molecular flexibility index (Phi) is 3.00. The van der Waals surface area contributed by atoms with Gasteiger partial charge in [-0.1, -0.05) is 5.16 Å². The molecule has 2 rings (SSSR count). The fraction of sp³-hybridized carbons (Fsp3) is 0.667. The van der Waals surface area contributed by atoms with Crippen molar-refractivity contribution in [2.24, 2.45) is 5.73 Å². The molecule has 0 amide bonds. The molecule has 1 aromatic heterocycles. The van der Waals surface area contributed by atoms with Crippen molar-refractivity contribution < 1.29 is 12.9 Å². The van der Waals surface area contributed by atoms with Crippen molar-refractivity contribution in [1.82, 2.24) is 9.46 Å². The van der Waals surface area contributed by atoms with Gasteiger partial charge < -0.3 is 10.3 Å². The highest BCUT2D eigenvalue weighted by atomic mass is 32.2. The first-order valence-electron chi connectivity index (χ1n) is 5.22. The Morgan fingerprint density at radius 3 is 2.94 bits per heavy atom. The Balaban J connectivity index is 2.29. The minimum Gasteiger partial charge on any atom is -0.359 e. The van der Waals surface area contributed by atoms with Gasteiger partial charge in [0.25, 0.3) is 0 Å². The van der Waals surface area contributed by atoms with Crippen molar-refractivity contribution in [3.63, 3.8) is 0 Å². The van der Waals surface area contributed by atoms with Gasteiger partial charge in [0, 0.05) is 25.1 Å². The number of aromatic nitrogens is 1. The maximum absolute atomic E-state index is 11.7. The fourth-order valence-electron chi connectivity index (χ4n) is 1.82. The molecule has 90 valence electrons. The summed E-state index contributed by atoms with van der Waals surface area (Å²) in [5.41, 5.74) is 7.18. The van der Waals surface area contributed by atoms with E-state index in [1.807, 2.05) is 0 Å². The number of rotatable bonds is 3. The Bertz CT molecular complexity index is 467. The average Bonchev–Trinajstić information content (AvgIpc) is 2.70. The summed E-state index contributed by atoms with van der Waals surface area (Å²) in [4.78, 5) is 0. The molecule has 0 unspecified atom stereocenters. The topological polar surface area (TPSA) is 89.4 Å². The van der Waals surface area contributed by atoms with E-state index in [-0.39, 0.29) is 12.3 Å². The number of nitrogens with two attached hydrogens (primary N) is 1. The van der Waals surface area contributed by atoms with Gasteiger partial charge in [-0.25, -0.2) is 8.42 Å². The molecule has 0 aliphatic carbocycles. The van der Waals surface area contributed by atoms with Crippen LogP contribution in [0.15, 0.2) is 4.52 Å². The molecule has 7 heteroatoms. The lowest BCUT2D eigenvalue weighted by Crippen LogP contribution is -2.37. The molecule has 0 fully saturated rings. The van der Waals surface area contributed by atoms with E-state index in [2.05, 4.69) is 5.16 Å². The quantitative estimate of drug-likeness (QED) is 0.799. The lowest BCUT2D eigenvalue weighted by atomic mass is 10.1. The van der Waals surface area contributed by atoms with Crippen LogP contribution in [0.4, 0.5) is 0 Å². The van der Waals surface area contributed by atoms with Crippen molar-refractivity contribution >= 4 is 10.0 Å². The molecule has 1 aliphatic rings. The number of sulfonamides is 1. The molecule has 0 aromatic carbocycles. The normalized spacial score (nSPS) is 17.4. The molecule has 2 N–H and O–H groups in total. The van der Waals surface area contributed by atoms with E-state index < -0.39 is 10.0 Å². The summed E-state index contributed by atoms with van der Waals surface area (Å²) in [7, 11) is -3.14. The van der Waals surface area contributed by atoms with E-state index in [4.69, 9.17) is 10.3 Å².